The van der Waals surface area contributed by atoms with Crippen LogP contribution in [0.1, 0.15) is 5.56 Å². The summed E-state index contributed by atoms with van der Waals surface area (Å²) in [6.45, 7) is 2.53. The minimum atomic E-state index is -0.336. The lowest BCUT2D eigenvalue weighted by molar-refractivity contribution is -0.115. The molecule has 1 fully saturated rings. The van der Waals surface area contributed by atoms with Crippen LogP contribution in [0.15, 0.2) is 72.8 Å². The largest absolute Gasteiger partial charge is 0.378 e. The lowest BCUT2D eigenvalue weighted by atomic mass is 10.0. The van der Waals surface area contributed by atoms with Gasteiger partial charge in [-0.25, -0.2) is 4.39 Å². The van der Waals surface area contributed by atoms with E-state index in [9.17, 15) is 9.18 Å². The molecule has 1 amide bonds. The molecule has 0 unspecified atom stereocenters. The van der Waals surface area contributed by atoms with E-state index in [1.165, 1.54) is 6.07 Å². The van der Waals surface area contributed by atoms with Gasteiger partial charge in [-0.2, -0.15) is 0 Å². The van der Waals surface area contributed by atoms with E-state index in [2.05, 4.69) is 17.4 Å². The lowest BCUT2D eigenvalue weighted by Gasteiger charge is -2.29. The van der Waals surface area contributed by atoms with Crippen molar-refractivity contribution in [2.24, 2.45) is 0 Å². The lowest BCUT2D eigenvalue weighted by Crippen LogP contribution is -2.36. The van der Waals surface area contributed by atoms with Crippen molar-refractivity contribution in [1.82, 2.24) is 0 Å². The van der Waals surface area contributed by atoms with Crippen molar-refractivity contribution in [3.63, 3.8) is 0 Å². The van der Waals surface area contributed by atoms with Gasteiger partial charge in [0.1, 0.15) is 5.82 Å². The first-order chi connectivity index (χ1) is 14.2. The Bertz CT molecular complexity index is 968. The highest BCUT2D eigenvalue weighted by Crippen LogP contribution is 2.24. The number of morpholine rings is 1. The van der Waals surface area contributed by atoms with Crippen LogP contribution in [-0.4, -0.2) is 32.2 Å². The second kappa shape index (κ2) is 8.88. The van der Waals surface area contributed by atoms with E-state index in [4.69, 9.17) is 4.74 Å². The first-order valence-electron chi connectivity index (χ1n) is 9.75. The molecule has 0 atom stereocenters. The quantitative estimate of drug-likeness (QED) is 0.697. The summed E-state index contributed by atoms with van der Waals surface area (Å²) in [7, 11) is 0. The zero-order valence-corrected chi connectivity index (χ0v) is 16.1. The standard InChI is InChI=1S/C24H23FN2O2/c25-22-17-21(10-11-23(22)27-12-14-29-15-13-27)26-24(28)16-18-6-8-20(9-7-18)19-4-2-1-3-5-19/h1-11,17H,12-16H2,(H,26,28). The molecule has 0 spiro atoms. The van der Waals surface area contributed by atoms with Crippen LogP contribution in [-0.2, 0) is 16.0 Å². The number of carbonyl (C=O) groups is 1. The minimum Gasteiger partial charge on any atom is -0.378 e. The predicted octanol–water partition coefficient (Wildman–Crippen LogP) is 4.51. The molecule has 5 heteroatoms. The molecule has 0 aliphatic carbocycles. The number of anilines is 2. The van der Waals surface area contributed by atoms with E-state index in [0.717, 1.165) is 16.7 Å². The average Bonchev–Trinajstić information content (AvgIpc) is 2.75. The van der Waals surface area contributed by atoms with Crippen LogP contribution in [0.2, 0.25) is 0 Å². The highest BCUT2D eigenvalue weighted by Gasteiger charge is 2.16. The van der Waals surface area contributed by atoms with E-state index in [0.29, 0.717) is 37.7 Å². The van der Waals surface area contributed by atoms with E-state index >= 15 is 0 Å². The van der Waals surface area contributed by atoms with Crippen LogP contribution in [0.25, 0.3) is 11.1 Å². The van der Waals surface area contributed by atoms with Crippen molar-refractivity contribution in [1.29, 1.82) is 0 Å². The number of nitrogens with zero attached hydrogens (tertiary/aromatic N) is 1. The Morgan fingerprint density at radius 1 is 0.931 bits per heavy atom. The number of halogens is 1. The normalized spacial score (nSPS) is 13.9. The molecule has 0 bridgehead atoms. The third-order valence-corrected chi connectivity index (χ3v) is 5.01. The van der Waals surface area contributed by atoms with Gasteiger partial charge in [0.05, 0.1) is 25.3 Å². The van der Waals surface area contributed by atoms with Crippen LogP contribution in [0.5, 0.6) is 0 Å². The molecular weight excluding hydrogens is 367 g/mol. The molecule has 4 nitrogen and oxygen atoms in total. The minimum absolute atomic E-state index is 0.170. The number of amides is 1. The number of nitrogens with one attached hydrogen (secondary N) is 1. The average molecular weight is 390 g/mol. The molecule has 3 aromatic carbocycles. The third kappa shape index (κ3) is 4.81. The summed E-state index contributed by atoms with van der Waals surface area (Å²) in [5.74, 6) is -0.507. The Balaban J connectivity index is 1.37. The van der Waals surface area contributed by atoms with Crippen molar-refractivity contribution in [2.75, 3.05) is 36.5 Å². The molecular formula is C24H23FN2O2. The summed E-state index contributed by atoms with van der Waals surface area (Å²) in [6, 6.07) is 22.8. The fraction of sp³-hybridized carbons (Fsp3) is 0.208. The molecule has 1 aliphatic rings. The molecule has 1 saturated heterocycles. The molecule has 1 heterocycles. The smallest absolute Gasteiger partial charge is 0.228 e. The topological polar surface area (TPSA) is 41.6 Å². The van der Waals surface area contributed by atoms with Crippen molar-refractivity contribution in [3.05, 3.63) is 84.2 Å². The zero-order chi connectivity index (χ0) is 20.1. The second-order valence-electron chi connectivity index (χ2n) is 7.05. The monoisotopic (exact) mass is 390 g/mol. The van der Waals surface area contributed by atoms with Crippen LogP contribution in [0.4, 0.5) is 15.8 Å². The van der Waals surface area contributed by atoms with Crippen molar-refractivity contribution < 1.29 is 13.9 Å². The van der Waals surface area contributed by atoms with Gasteiger partial charge in [-0.15, -0.1) is 0 Å². The number of hydrogen-bond acceptors (Lipinski definition) is 3. The van der Waals surface area contributed by atoms with Crippen molar-refractivity contribution in [3.8, 4) is 11.1 Å². The third-order valence-electron chi connectivity index (χ3n) is 5.01. The molecule has 29 heavy (non-hydrogen) atoms. The summed E-state index contributed by atoms with van der Waals surface area (Å²) in [6.07, 6.45) is 0.238. The number of rotatable bonds is 5. The molecule has 4 rings (SSSR count). The van der Waals surface area contributed by atoms with E-state index < -0.39 is 0 Å². The zero-order valence-electron chi connectivity index (χ0n) is 16.1. The van der Waals surface area contributed by atoms with Crippen LogP contribution < -0.4 is 10.2 Å². The fourth-order valence-corrected chi connectivity index (χ4v) is 3.48. The van der Waals surface area contributed by atoms with E-state index in [1.807, 2.05) is 47.4 Å². The van der Waals surface area contributed by atoms with Crippen molar-refractivity contribution in [2.45, 2.75) is 6.42 Å². The summed E-state index contributed by atoms with van der Waals surface area (Å²) in [4.78, 5) is 14.3. The van der Waals surface area contributed by atoms with Gasteiger partial charge in [0, 0.05) is 18.8 Å². The van der Waals surface area contributed by atoms with Crippen LogP contribution in [0, 0.1) is 5.82 Å². The van der Waals surface area contributed by atoms with Crippen LogP contribution >= 0.6 is 0 Å². The molecule has 3 aromatic rings. The van der Waals surface area contributed by atoms with Gasteiger partial charge in [0.15, 0.2) is 0 Å². The SMILES string of the molecule is O=C(Cc1ccc(-c2ccccc2)cc1)Nc1ccc(N2CCOCC2)c(F)c1. The summed E-state index contributed by atoms with van der Waals surface area (Å²) >= 11 is 0. The predicted molar refractivity (Wildman–Crippen MR) is 114 cm³/mol. The second-order valence-corrected chi connectivity index (χ2v) is 7.05. The van der Waals surface area contributed by atoms with Gasteiger partial charge in [0.2, 0.25) is 5.91 Å². The molecule has 1 aliphatic heterocycles. The summed E-state index contributed by atoms with van der Waals surface area (Å²) in [5, 5.41) is 2.79. The van der Waals surface area contributed by atoms with E-state index in [-0.39, 0.29) is 18.1 Å². The van der Waals surface area contributed by atoms with Crippen molar-refractivity contribution >= 4 is 17.3 Å². The molecule has 1 N–H and O–H groups in total. The number of carbonyl (C=O) groups excluding carboxylic acids is 1. The van der Waals surface area contributed by atoms with Gasteiger partial charge >= 0.3 is 0 Å². The van der Waals surface area contributed by atoms with E-state index in [1.54, 1.807) is 12.1 Å². The Morgan fingerprint density at radius 3 is 2.31 bits per heavy atom. The molecule has 0 saturated carbocycles. The Labute approximate surface area is 169 Å². The number of benzene rings is 3. The van der Waals surface area contributed by atoms with Gasteiger partial charge in [-0.1, -0.05) is 54.6 Å². The van der Waals surface area contributed by atoms with Gasteiger partial charge in [-0.05, 0) is 34.9 Å². The maximum atomic E-state index is 14.5. The highest BCUT2D eigenvalue weighted by molar-refractivity contribution is 5.92. The Morgan fingerprint density at radius 2 is 1.62 bits per heavy atom. The molecule has 148 valence electrons. The fourth-order valence-electron chi connectivity index (χ4n) is 3.48. The molecule has 0 aromatic heterocycles. The van der Waals surface area contributed by atoms with Gasteiger partial charge in [0.25, 0.3) is 0 Å². The van der Waals surface area contributed by atoms with Crippen LogP contribution in [0.3, 0.4) is 0 Å². The summed E-state index contributed by atoms with van der Waals surface area (Å²) < 4.78 is 19.8. The highest BCUT2D eigenvalue weighted by atomic mass is 19.1. The summed E-state index contributed by atoms with van der Waals surface area (Å²) in [5.41, 5.74) is 4.16. The maximum absolute atomic E-state index is 14.5. The first-order valence-corrected chi connectivity index (χ1v) is 9.75. The Hall–Kier alpha value is -3.18. The van der Waals surface area contributed by atoms with Gasteiger partial charge < -0.3 is 15.0 Å². The maximum Gasteiger partial charge on any atom is 0.228 e. The molecule has 0 radical (unpaired) electrons. The van der Waals surface area contributed by atoms with Gasteiger partial charge in [-0.3, -0.25) is 4.79 Å². The number of ether oxygens (including phenoxy) is 1. The first kappa shape index (κ1) is 19.2. The Kier molecular flexibility index (Phi) is 5.86. The number of hydrogen-bond donors (Lipinski definition) is 1.